The van der Waals surface area contributed by atoms with Crippen molar-refractivity contribution < 1.29 is 12.8 Å². The third-order valence-corrected chi connectivity index (χ3v) is 6.64. The molecule has 0 spiro atoms. The van der Waals surface area contributed by atoms with Crippen LogP contribution in [0.2, 0.25) is 5.02 Å². The number of nitrogens with zero attached hydrogens (tertiary/aromatic N) is 3. The SMILES string of the molecule is O=S(=O)(NC1CCN(Cc2cn3cc(Cl)ccc3n2)CC1)c1ccc(F)cc1. The third-order valence-electron chi connectivity index (χ3n) is 4.88. The number of pyridine rings is 1. The van der Waals surface area contributed by atoms with Gasteiger partial charge in [-0.1, -0.05) is 11.6 Å². The van der Waals surface area contributed by atoms with Crippen LogP contribution in [-0.4, -0.2) is 41.8 Å². The summed E-state index contributed by atoms with van der Waals surface area (Å²) < 4.78 is 42.5. The third kappa shape index (κ3) is 4.35. The predicted octanol–water partition coefficient (Wildman–Crippen LogP) is 3.07. The maximum atomic E-state index is 13.0. The largest absolute Gasteiger partial charge is 0.305 e. The summed E-state index contributed by atoms with van der Waals surface area (Å²) in [7, 11) is -3.64. The quantitative estimate of drug-likeness (QED) is 0.686. The second-order valence-electron chi connectivity index (χ2n) is 6.97. The van der Waals surface area contributed by atoms with Gasteiger partial charge in [0.1, 0.15) is 11.5 Å². The van der Waals surface area contributed by atoms with Crippen molar-refractivity contribution >= 4 is 27.3 Å². The Balaban J connectivity index is 1.34. The van der Waals surface area contributed by atoms with E-state index in [1.807, 2.05) is 28.9 Å². The highest BCUT2D eigenvalue weighted by molar-refractivity contribution is 7.89. The number of sulfonamides is 1. The van der Waals surface area contributed by atoms with Crippen LogP contribution in [0.3, 0.4) is 0 Å². The van der Waals surface area contributed by atoms with Crippen molar-refractivity contribution in [2.75, 3.05) is 13.1 Å². The summed E-state index contributed by atoms with van der Waals surface area (Å²) in [5.74, 6) is -0.457. The van der Waals surface area contributed by atoms with Crippen molar-refractivity contribution in [2.45, 2.75) is 30.3 Å². The van der Waals surface area contributed by atoms with Crippen molar-refractivity contribution in [1.82, 2.24) is 19.0 Å². The molecule has 1 N–H and O–H groups in total. The zero-order valence-corrected chi connectivity index (χ0v) is 16.6. The van der Waals surface area contributed by atoms with Crippen LogP contribution in [0.4, 0.5) is 4.39 Å². The lowest BCUT2D eigenvalue weighted by Crippen LogP contribution is -2.44. The smallest absolute Gasteiger partial charge is 0.240 e. The molecule has 0 unspecified atom stereocenters. The lowest BCUT2D eigenvalue weighted by atomic mass is 10.1. The first-order valence-electron chi connectivity index (χ1n) is 9.02. The molecule has 2 aromatic heterocycles. The van der Waals surface area contributed by atoms with Gasteiger partial charge < -0.3 is 4.40 Å². The molecule has 0 radical (unpaired) electrons. The first-order valence-corrected chi connectivity index (χ1v) is 10.9. The van der Waals surface area contributed by atoms with E-state index in [1.165, 1.54) is 12.1 Å². The summed E-state index contributed by atoms with van der Waals surface area (Å²) in [6.45, 7) is 2.24. The van der Waals surface area contributed by atoms with Crippen LogP contribution in [-0.2, 0) is 16.6 Å². The van der Waals surface area contributed by atoms with Gasteiger partial charge in [0.2, 0.25) is 10.0 Å². The molecule has 3 aromatic rings. The molecule has 1 fully saturated rings. The van der Waals surface area contributed by atoms with Crippen LogP contribution in [0.15, 0.2) is 53.7 Å². The fraction of sp³-hybridized carbons (Fsp3) is 0.316. The Morgan fingerprint density at radius 2 is 1.82 bits per heavy atom. The molecule has 0 saturated carbocycles. The molecule has 1 saturated heterocycles. The van der Waals surface area contributed by atoms with E-state index in [0.717, 1.165) is 36.6 Å². The number of benzene rings is 1. The number of nitrogens with one attached hydrogen (secondary N) is 1. The number of imidazole rings is 1. The minimum absolute atomic E-state index is 0.0830. The molecule has 0 atom stereocenters. The number of fused-ring (bicyclic) bond motifs is 1. The summed E-state index contributed by atoms with van der Waals surface area (Å²) in [5, 5.41) is 0.658. The van der Waals surface area contributed by atoms with Gasteiger partial charge in [0.05, 0.1) is 15.6 Å². The van der Waals surface area contributed by atoms with Crippen LogP contribution in [0.5, 0.6) is 0 Å². The molecule has 6 nitrogen and oxygen atoms in total. The molecule has 1 aromatic carbocycles. The van der Waals surface area contributed by atoms with Gasteiger partial charge in [-0.25, -0.2) is 22.5 Å². The zero-order chi connectivity index (χ0) is 19.7. The Bertz CT molecular complexity index is 1080. The van der Waals surface area contributed by atoms with Crippen molar-refractivity contribution in [3.63, 3.8) is 0 Å². The van der Waals surface area contributed by atoms with Gasteiger partial charge in [0.25, 0.3) is 0 Å². The van der Waals surface area contributed by atoms with Crippen molar-refractivity contribution in [3.8, 4) is 0 Å². The van der Waals surface area contributed by atoms with Gasteiger partial charge in [-0.15, -0.1) is 0 Å². The van der Waals surface area contributed by atoms with Gasteiger partial charge in [-0.3, -0.25) is 4.90 Å². The Hall–Kier alpha value is -2.00. The van der Waals surface area contributed by atoms with E-state index < -0.39 is 15.8 Å². The number of aromatic nitrogens is 2. The number of halogens is 2. The number of likely N-dealkylation sites (tertiary alicyclic amines) is 1. The molecule has 3 heterocycles. The van der Waals surface area contributed by atoms with Gasteiger partial charge in [0.15, 0.2) is 0 Å². The molecular weight excluding hydrogens is 403 g/mol. The maximum absolute atomic E-state index is 13.0. The van der Waals surface area contributed by atoms with E-state index in [9.17, 15) is 12.8 Å². The highest BCUT2D eigenvalue weighted by Crippen LogP contribution is 2.18. The predicted molar refractivity (Wildman–Crippen MR) is 105 cm³/mol. The summed E-state index contributed by atoms with van der Waals surface area (Å²) in [6, 6.07) is 8.42. The molecule has 148 valence electrons. The van der Waals surface area contributed by atoms with Gasteiger partial charge in [-0.05, 0) is 49.2 Å². The monoisotopic (exact) mass is 422 g/mol. The zero-order valence-electron chi connectivity index (χ0n) is 15.1. The van der Waals surface area contributed by atoms with Crippen LogP contribution in [0.25, 0.3) is 5.65 Å². The topological polar surface area (TPSA) is 66.7 Å². The molecule has 28 heavy (non-hydrogen) atoms. The van der Waals surface area contributed by atoms with Crippen molar-refractivity contribution in [1.29, 1.82) is 0 Å². The standard InChI is InChI=1S/C19H20ClFN4O2S/c20-14-1-6-19-22-17(13-25(19)11-14)12-24-9-7-16(8-10-24)23-28(26,27)18-4-2-15(21)3-5-18/h1-6,11,13,16,23H,7-10,12H2. The highest BCUT2D eigenvalue weighted by Gasteiger charge is 2.25. The summed E-state index contributed by atoms with van der Waals surface area (Å²) in [4.78, 5) is 6.93. The van der Waals surface area contributed by atoms with Crippen LogP contribution in [0.1, 0.15) is 18.5 Å². The van der Waals surface area contributed by atoms with Gasteiger partial charge in [-0.2, -0.15) is 0 Å². The number of rotatable bonds is 5. The van der Waals surface area contributed by atoms with E-state index in [1.54, 1.807) is 0 Å². The highest BCUT2D eigenvalue weighted by atomic mass is 35.5. The average molecular weight is 423 g/mol. The molecule has 1 aliphatic rings. The maximum Gasteiger partial charge on any atom is 0.240 e. The summed E-state index contributed by atoms with van der Waals surface area (Å²) in [5.41, 5.74) is 1.80. The lowest BCUT2D eigenvalue weighted by Gasteiger charge is -2.31. The fourth-order valence-electron chi connectivity index (χ4n) is 3.43. The van der Waals surface area contributed by atoms with Crippen molar-refractivity contribution in [2.24, 2.45) is 0 Å². The molecule has 9 heteroatoms. The second-order valence-corrected chi connectivity index (χ2v) is 9.12. The Labute approximate surface area is 168 Å². The molecule has 1 aliphatic heterocycles. The van der Waals surface area contributed by atoms with E-state index in [-0.39, 0.29) is 10.9 Å². The summed E-state index contributed by atoms with van der Waals surface area (Å²) in [6.07, 6.45) is 5.20. The second kappa shape index (κ2) is 7.79. The normalized spacial score (nSPS) is 16.6. The fourth-order valence-corrected chi connectivity index (χ4v) is 4.91. The minimum Gasteiger partial charge on any atom is -0.305 e. The van der Waals surface area contributed by atoms with Gasteiger partial charge in [0, 0.05) is 38.1 Å². The van der Waals surface area contributed by atoms with E-state index in [2.05, 4.69) is 14.6 Å². The van der Waals surface area contributed by atoms with Crippen LogP contribution < -0.4 is 4.72 Å². The number of hydrogen-bond donors (Lipinski definition) is 1. The molecule has 0 bridgehead atoms. The Morgan fingerprint density at radius 1 is 1.11 bits per heavy atom. The minimum atomic E-state index is -3.64. The van der Waals surface area contributed by atoms with E-state index in [0.29, 0.717) is 24.4 Å². The Morgan fingerprint density at radius 3 is 2.54 bits per heavy atom. The van der Waals surface area contributed by atoms with Crippen LogP contribution >= 0.6 is 11.6 Å². The van der Waals surface area contributed by atoms with E-state index >= 15 is 0 Å². The number of hydrogen-bond acceptors (Lipinski definition) is 4. The first kappa shape index (κ1) is 19.3. The van der Waals surface area contributed by atoms with E-state index in [4.69, 9.17) is 11.6 Å². The average Bonchev–Trinajstić information content (AvgIpc) is 3.05. The van der Waals surface area contributed by atoms with Gasteiger partial charge >= 0.3 is 0 Å². The molecule has 4 rings (SSSR count). The lowest BCUT2D eigenvalue weighted by molar-refractivity contribution is 0.198. The number of piperidine rings is 1. The molecule has 0 amide bonds. The summed E-state index contributed by atoms with van der Waals surface area (Å²) >= 11 is 6.01. The first-order chi connectivity index (χ1) is 13.4. The van der Waals surface area contributed by atoms with Crippen molar-refractivity contribution in [3.05, 3.63) is 65.3 Å². The molecule has 0 aliphatic carbocycles. The Kier molecular flexibility index (Phi) is 5.37. The van der Waals surface area contributed by atoms with Crippen LogP contribution in [0, 0.1) is 5.82 Å². The molecular formula is C19H20ClFN4O2S.